The van der Waals surface area contributed by atoms with E-state index in [1.807, 2.05) is 62.0 Å². The third kappa shape index (κ3) is 3.52. The fraction of sp³-hybridized carbons (Fsp3) is 0.273. The quantitative estimate of drug-likeness (QED) is 0.533. The largest absolute Gasteiger partial charge is 0.497 e. The van der Waals surface area contributed by atoms with Crippen molar-refractivity contribution >= 4 is 16.9 Å². The maximum atomic E-state index is 13.2. The number of aryl methyl sites for hydroxylation is 2. The molecule has 1 N–H and O–H groups in total. The summed E-state index contributed by atoms with van der Waals surface area (Å²) in [5.41, 5.74) is 3.74. The van der Waals surface area contributed by atoms with Crippen molar-refractivity contribution in [3.8, 4) is 17.0 Å². The number of aromatic nitrogens is 5. The zero-order chi connectivity index (χ0) is 21.3. The molecule has 1 aromatic carbocycles. The molecule has 3 heterocycles. The van der Waals surface area contributed by atoms with Crippen molar-refractivity contribution in [2.24, 2.45) is 7.05 Å². The summed E-state index contributed by atoms with van der Waals surface area (Å²) in [4.78, 5) is 18.0. The van der Waals surface area contributed by atoms with Gasteiger partial charge in [0.2, 0.25) is 0 Å². The first-order chi connectivity index (χ1) is 14.5. The third-order valence-corrected chi connectivity index (χ3v) is 5.18. The fourth-order valence-electron chi connectivity index (χ4n) is 3.54. The Morgan fingerprint density at radius 3 is 2.67 bits per heavy atom. The van der Waals surface area contributed by atoms with E-state index in [1.54, 1.807) is 24.2 Å². The van der Waals surface area contributed by atoms with Gasteiger partial charge in [0.15, 0.2) is 5.65 Å². The minimum Gasteiger partial charge on any atom is -0.497 e. The molecule has 1 amide bonds. The summed E-state index contributed by atoms with van der Waals surface area (Å²) in [6, 6.07) is 11.1. The van der Waals surface area contributed by atoms with Crippen molar-refractivity contribution in [3.63, 3.8) is 0 Å². The summed E-state index contributed by atoms with van der Waals surface area (Å²) >= 11 is 0. The smallest absolute Gasteiger partial charge is 0.252 e. The Morgan fingerprint density at radius 1 is 1.20 bits per heavy atom. The van der Waals surface area contributed by atoms with E-state index in [1.165, 1.54) is 0 Å². The number of ether oxygens (including phenoxy) is 1. The summed E-state index contributed by atoms with van der Waals surface area (Å²) in [6.45, 7) is 4.72. The van der Waals surface area contributed by atoms with E-state index in [-0.39, 0.29) is 11.9 Å². The maximum absolute atomic E-state index is 13.2. The molecule has 0 aliphatic carbocycles. The lowest BCUT2D eigenvalue weighted by Crippen LogP contribution is -2.28. The first kappa shape index (κ1) is 19.6. The molecule has 0 radical (unpaired) electrons. The second-order valence-electron chi connectivity index (χ2n) is 7.06. The molecule has 0 saturated carbocycles. The third-order valence-electron chi connectivity index (χ3n) is 5.18. The van der Waals surface area contributed by atoms with Gasteiger partial charge in [0.25, 0.3) is 5.91 Å². The molecule has 1 atom stereocenters. The molecule has 0 spiro atoms. The topological polar surface area (TPSA) is 86.9 Å². The molecule has 1 unspecified atom stereocenters. The van der Waals surface area contributed by atoms with Crippen LogP contribution in [0, 0.1) is 0 Å². The second-order valence-corrected chi connectivity index (χ2v) is 7.06. The molecule has 4 aromatic rings. The lowest BCUT2D eigenvalue weighted by Gasteiger charge is -2.16. The van der Waals surface area contributed by atoms with Gasteiger partial charge < -0.3 is 10.1 Å². The molecule has 0 bridgehead atoms. The SMILES string of the molecule is CCn1nccc1C(C)NC(=O)c1cc(-c2ccc(OC)cc2)nc2c1cnn2C. The monoisotopic (exact) mass is 404 g/mol. The second kappa shape index (κ2) is 7.98. The first-order valence-electron chi connectivity index (χ1n) is 9.81. The molecule has 0 fully saturated rings. The standard InChI is InChI=1S/C22H24N6O2/c1-5-28-20(10-11-23-28)14(2)25-22(29)17-12-19(15-6-8-16(30-4)9-7-15)26-21-18(17)13-24-27(21)3/h6-14H,5H2,1-4H3,(H,25,29). The molecule has 0 aliphatic heterocycles. The number of hydrogen-bond acceptors (Lipinski definition) is 5. The van der Waals surface area contributed by atoms with Crippen LogP contribution in [0.2, 0.25) is 0 Å². The number of carbonyl (C=O) groups excluding carboxylic acids is 1. The van der Waals surface area contributed by atoms with Gasteiger partial charge in [-0.25, -0.2) is 4.98 Å². The summed E-state index contributed by atoms with van der Waals surface area (Å²) in [5, 5.41) is 12.4. The van der Waals surface area contributed by atoms with Crippen LogP contribution in [0.5, 0.6) is 5.75 Å². The number of amides is 1. The highest BCUT2D eigenvalue weighted by Gasteiger charge is 2.20. The van der Waals surface area contributed by atoms with Gasteiger partial charge in [0.05, 0.1) is 41.7 Å². The van der Waals surface area contributed by atoms with Crippen molar-refractivity contribution in [2.45, 2.75) is 26.4 Å². The van der Waals surface area contributed by atoms with Crippen molar-refractivity contribution in [2.75, 3.05) is 7.11 Å². The van der Waals surface area contributed by atoms with Crippen LogP contribution in [0.3, 0.4) is 0 Å². The molecule has 4 rings (SSSR count). The Hall–Kier alpha value is -3.68. The highest BCUT2D eigenvalue weighted by atomic mass is 16.5. The molecular formula is C22H24N6O2. The summed E-state index contributed by atoms with van der Waals surface area (Å²) in [5.74, 6) is 0.584. The number of hydrogen-bond donors (Lipinski definition) is 1. The van der Waals surface area contributed by atoms with E-state index in [9.17, 15) is 4.79 Å². The van der Waals surface area contributed by atoms with Gasteiger partial charge in [-0.3, -0.25) is 14.2 Å². The molecular weight excluding hydrogens is 380 g/mol. The molecule has 8 heteroatoms. The lowest BCUT2D eigenvalue weighted by molar-refractivity contribution is 0.0940. The van der Waals surface area contributed by atoms with E-state index < -0.39 is 0 Å². The Kier molecular flexibility index (Phi) is 5.22. The summed E-state index contributed by atoms with van der Waals surface area (Å²) in [7, 11) is 3.44. The maximum Gasteiger partial charge on any atom is 0.252 e. The summed E-state index contributed by atoms with van der Waals surface area (Å²) in [6.07, 6.45) is 3.42. The number of fused-ring (bicyclic) bond motifs is 1. The molecule has 3 aromatic heterocycles. The van der Waals surface area contributed by atoms with Gasteiger partial charge in [0, 0.05) is 25.4 Å². The number of benzene rings is 1. The van der Waals surface area contributed by atoms with Crippen LogP contribution >= 0.6 is 0 Å². The van der Waals surface area contributed by atoms with E-state index >= 15 is 0 Å². The fourth-order valence-corrected chi connectivity index (χ4v) is 3.54. The van der Waals surface area contributed by atoms with Crippen LogP contribution in [-0.4, -0.2) is 37.6 Å². The average molecular weight is 404 g/mol. The Balaban J connectivity index is 1.72. The van der Waals surface area contributed by atoms with Gasteiger partial charge in [-0.1, -0.05) is 0 Å². The minimum absolute atomic E-state index is 0.179. The van der Waals surface area contributed by atoms with Crippen LogP contribution in [0.25, 0.3) is 22.3 Å². The van der Waals surface area contributed by atoms with Gasteiger partial charge in [-0.15, -0.1) is 0 Å². The van der Waals surface area contributed by atoms with Gasteiger partial charge >= 0.3 is 0 Å². The van der Waals surface area contributed by atoms with Crippen molar-refractivity contribution in [1.29, 1.82) is 0 Å². The van der Waals surface area contributed by atoms with E-state index in [0.29, 0.717) is 22.3 Å². The number of nitrogens with zero attached hydrogens (tertiary/aromatic N) is 5. The van der Waals surface area contributed by atoms with E-state index in [2.05, 4.69) is 15.5 Å². The van der Waals surface area contributed by atoms with Crippen LogP contribution in [-0.2, 0) is 13.6 Å². The van der Waals surface area contributed by atoms with E-state index in [0.717, 1.165) is 23.6 Å². The summed E-state index contributed by atoms with van der Waals surface area (Å²) < 4.78 is 8.79. The Labute approximate surface area is 174 Å². The molecule has 8 nitrogen and oxygen atoms in total. The molecule has 0 saturated heterocycles. The average Bonchev–Trinajstić information content (AvgIpc) is 3.40. The Morgan fingerprint density at radius 2 is 1.97 bits per heavy atom. The van der Waals surface area contributed by atoms with Crippen LogP contribution in [0.1, 0.15) is 35.9 Å². The molecule has 0 aliphatic rings. The number of methoxy groups -OCH3 is 1. The normalized spacial score (nSPS) is 12.1. The number of carbonyl (C=O) groups is 1. The highest BCUT2D eigenvalue weighted by molar-refractivity contribution is 6.06. The van der Waals surface area contributed by atoms with Crippen molar-refractivity contribution in [3.05, 3.63) is 60.0 Å². The Bertz CT molecular complexity index is 1190. The molecule has 30 heavy (non-hydrogen) atoms. The van der Waals surface area contributed by atoms with Crippen molar-refractivity contribution < 1.29 is 9.53 Å². The number of nitrogens with one attached hydrogen (secondary N) is 1. The van der Waals surface area contributed by atoms with Crippen molar-refractivity contribution in [1.82, 2.24) is 29.9 Å². The predicted molar refractivity (Wildman–Crippen MR) is 114 cm³/mol. The zero-order valence-electron chi connectivity index (χ0n) is 17.5. The minimum atomic E-state index is -0.190. The zero-order valence-corrected chi connectivity index (χ0v) is 17.5. The van der Waals surface area contributed by atoms with E-state index in [4.69, 9.17) is 9.72 Å². The number of rotatable bonds is 6. The highest BCUT2D eigenvalue weighted by Crippen LogP contribution is 2.26. The van der Waals surface area contributed by atoms with Crippen LogP contribution in [0.4, 0.5) is 0 Å². The first-order valence-corrected chi connectivity index (χ1v) is 9.81. The van der Waals surface area contributed by atoms with Gasteiger partial charge in [-0.05, 0) is 50.2 Å². The number of pyridine rings is 1. The van der Waals surface area contributed by atoms with Gasteiger partial charge in [-0.2, -0.15) is 10.2 Å². The van der Waals surface area contributed by atoms with Crippen LogP contribution < -0.4 is 10.1 Å². The van der Waals surface area contributed by atoms with Crippen LogP contribution in [0.15, 0.2) is 48.8 Å². The lowest BCUT2D eigenvalue weighted by atomic mass is 10.1. The van der Waals surface area contributed by atoms with Gasteiger partial charge in [0.1, 0.15) is 5.75 Å². The molecule has 154 valence electrons. The predicted octanol–water partition coefficient (Wildman–Crippen LogP) is 3.35.